The predicted molar refractivity (Wildman–Crippen MR) is 98.0 cm³/mol. The number of rotatable bonds is 4. The molecule has 0 radical (unpaired) electrons. The van der Waals surface area contributed by atoms with Crippen LogP contribution < -0.4 is 5.32 Å². The molecule has 3 aliphatic rings. The quantitative estimate of drug-likeness (QED) is 0.905. The van der Waals surface area contributed by atoms with Crippen LogP contribution in [0, 0.1) is 0 Å². The first-order valence-electron chi connectivity index (χ1n) is 9.35. The first-order valence-corrected chi connectivity index (χ1v) is 9.35. The Hall–Kier alpha value is -2.34. The Morgan fingerprint density at radius 1 is 1.27 bits per heavy atom. The monoisotopic (exact) mass is 352 g/mol. The average Bonchev–Trinajstić information content (AvgIpc) is 2.63. The van der Waals surface area contributed by atoms with Crippen LogP contribution in [0.25, 0.3) is 0 Å². The largest absolute Gasteiger partial charge is 0.347 e. The van der Waals surface area contributed by atoms with Crippen LogP contribution in [0.15, 0.2) is 45.6 Å². The van der Waals surface area contributed by atoms with Gasteiger partial charge in [-0.15, -0.1) is 5.11 Å². The number of nitrogens with one attached hydrogen (secondary N) is 1. The summed E-state index contributed by atoms with van der Waals surface area (Å²) >= 11 is 0. The molecule has 136 valence electrons. The van der Waals surface area contributed by atoms with Crippen LogP contribution >= 0.6 is 0 Å². The molecule has 4 rings (SSSR count). The third kappa shape index (κ3) is 3.46. The molecule has 1 saturated heterocycles. The third-order valence-electron chi connectivity index (χ3n) is 5.48. The van der Waals surface area contributed by atoms with Gasteiger partial charge in [-0.2, -0.15) is 5.11 Å². The third-order valence-corrected chi connectivity index (χ3v) is 5.48. The zero-order valence-electron chi connectivity index (χ0n) is 15.1. The van der Waals surface area contributed by atoms with Crippen LogP contribution in [-0.4, -0.2) is 48.9 Å². The van der Waals surface area contributed by atoms with Gasteiger partial charge in [-0.05, 0) is 56.0 Å². The van der Waals surface area contributed by atoms with E-state index in [1.54, 1.807) is 0 Å². The summed E-state index contributed by atoms with van der Waals surface area (Å²) in [6, 6.07) is 7.89. The number of carbonyl (C=O) groups is 2. The van der Waals surface area contributed by atoms with Crippen molar-refractivity contribution in [3.63, 3.8) is 0 Å². The van der Waals surface area contributed by atoms with E-state index in [4.69, 9.17) is 0 Å². The van der Waals surface area contributed by atoms with E-state index >= 15 is 0 Å². The van der Waals surface area contributed by atoms with Gasteiger partial charge in [-0.1, -0.05) is 12.1 Å². The Bertz CT molecular complexity index is 793. The van der Waals surface area contributed by atoms with Gasteiger partial charge in [0.2, 0.25) is 0 Å². The molecule has 1 aromatic carbocycles. The van der Waals surface area contributed by atoms with Crippen molar-refractivity contribution in [1.29, 1.82) is 0 Å². The van der Waals surface area contributed by atoms with Crippen molar-refractivity contribution >= 4 is 11.8 Å². The minimum Gasteiger partial charge on any atom is -0.347 e. The molecule has 1 aliphatic carbocycles. The van der Waals surface area contributed by atoms with Crippen molar-refractivity contribution in [3.05, 3.63) is 46.5 Å². The zero-order valence-corrected chi connectivity index (χ0v) is 15.1. The van der Waals surface area contributed by atoms with Crippen LogP contribution in [0.1, 0.15) is 41.6 Å². The van der Waals surface area contributed by atoms with E-state index in [0.29, 0.717) is 12.0 Å². The van der Waals surface area contributed by atoms with Crippen LogP contribution in [0.5, 0.6) is 0 Å². The lowest BCUT2D eigenvalue weighted by atomic mass is 9.84. The highest BCUT2D eigenvalue weighted by atomic mass is 16.2. The van der Waals surface area contributed by atoms with Gasteiger partial charge in [0.25, 0.3) is 11.8 Å². The molecule has 1 unspecified atom stereocenters. The Kier molecular flexibility index (Phi) is 4.68. The van der Waals surface area contributed by atoms with Crippen LogP contribution in [-0.2, 0) is 11.2 Å². The van der Waals surface area contributed by atoms with Crippen LogP contribution in [0.4, 0.5) is 0 Å². The Morgan fingerprint density at radius 2 is 2.08 bits per heavy atom. The molecule has 2 heterocycles. The lowest BCUT2D eigenvalue weighted by molar-refractivity contribution is -0.115. The second-order valence-electron chi connectivity index (χ2n) is 7.54. The molecule has 6 nitrogen and oxygen atoms in total. The smallest absolute Gasteiger partial charge is 0.291 e. The van der Waals surface area contributed by atoms with Gasteiger partial charge in [0.15, 0.2) is 0 Å². The summed E-state index contributed by atoms with van der Waals surface area (Å²) in [5.41, 5.74) is 3.76. The van der Waals surface area contributed by atoms with Crippen molar-refractivity contribution in [2.24, 2.45) is 10.2 Å². The SMILES string of the molecule is CN1CC(NC(=O)c2cccc(CC3N=NC(=O)C4=C3CCCC4)c2)C1. The van der Waals surface area contributed by atoms with Crippen molar-refractivity contribution in [2.45, 2.75) is 44.2 Å². The molecule has 1 fully saturated rings. The van der Waals surface area contributed by atoms with E-state index in [1.165, 1.54) is 0 Å². The second-order valence-corrected chi connectivity index (χ2v) is 7.54. The van der Waals surface area contributed by atoms with Gasteiger partial charge < -0.3 is 10.2 Å². The number of likely N-dealkylation sites (N-methyl/N-ethyl adjacent to an activating group) is 1. The second kappa shape index (κ2) is 7.11. The molecule has 0 aromatic heterocycles. The zero-order chi connectivity index (χ0) is 18.1. The van der Waals surface area contributed by atoms with E-state index < -0.39 is 0 Å². The number of carbonyl (C=O) groups excluding carboxylic acids is 2. The molecule has 0 saturated carbocycles. The first-order chi connectivity index (χ1) is 12.6. The highest BCUT2D eigenvalue weighted by Crippen LogP contribution is 2.33. The molecular weight excluding hydrogens is 328 g/mol. The molecule has 2 amide bonds. The van der Waals surface area contributed by atoms with E-state index in [9.17, 15) is 9.59 Å². The van der Waals surface area contributed by atoms with E-state index in [-0.39, 0.29) is 23.9 Å². The van der Waals surface area contributed by atoms with Crippen molar-refractivity contribution < 1.29 is 9.59 Å². The highest BCUT2D eigenvalue weighted by molar-refractivity contribution is 5.96. The van der Waals surface area contributed by atoms with Gasteiger partial charge in [0, 0.05) is 30.6 Å². The summed E-state index contributed by atoms with van der Waals surface area (Å²) in [5.74, 6) is -0.183. The fourth-order valence-electron chi connectivity index (χ4n) is 4.08. The normalized spacial score (nSPS) is 23.6. The van der Waals surface area contributed by atoms with Gasteiger partial charge in [0.05, 0.1) is 12.1 Å². The first kappa shape index (κ1) is 17.1. The number of amides is 2. The number of likely N-dealkylation sites (tertiary alicyclic amines) is 1. The topological polar surface area (TPSA) is 74.1 Å². The molecule has 1 aromatic rings. The number of azo groups is 1. The van der Waals surface area contributed by atoms with Gasteiger partial charge >= 0.3 is 0 Å². The van der Waals surface area contributed by atoms with Gasteiger partial charge in [-0.25, -0.2) is 0 Å². The summed E-state index contributed by atoms with van der Waals surface area (Å²) in [4.78, 5) is 26.6. The summed E-state index contributed by atoms with van der Waals surface area (Å²) in [6.07, 6.45) is 4.60. The fraction of sp³-hybridized carbons (Fsp3) is 0.500. The number of hydrogen-bond acceptors (Lipinski definition) is 4. The number of nitrogens with zero attached hydrogens (tertiary/aromatic N) is 3. The highest BCUT2D eigenvalue weighted by Gasteiger charge is 2.29. The molecule has 26 heavy (non-hydrogen) atoms. The standard InChI is InChI=1S/C20H24N4O2/c1-24-11-15(12-24)21-19(25)14-6-4-5-13(9-14)10-18-16-7-2-3-8-17(16)20(26)23-22-18/h4-6,9,15,18H,2-3,7-8,10-12H2,1H3,(H,21,25). The van der Waals surface area contributed by atoms with Crippen molar-refractivity contribution in [2.75, 3.05) is 20.1 Å². The Morgan fingerprint density at radius 3 is 2.88 bits per heavy atom. The Balaban J connectivity index is 1.47. The Labute approximate surface area is 153 Å². The minimum absolute atomic E-state index is 0.0250. The molecule has 2 aliphatic heterocycles. The summed E-state index contributed by atoms with van der Waals surface area (Å²) in [7, 11) is 2.04. The molecule has 0 bridgehead atoms. The molecular formula is C20H24N4O2. The van der Waals surface area contributed by atoms with E-state index in [1.807, 2.05) is 31.3 Å². The summed E-state index contributed by atoms with van der Waals surface area (Å²) < 4.78 is 0. The predicted octanol–water partition coefficient (Wildman–Crippen LogP) is 2.50. The lowest BCUT2D eigenvalue weighted by Crippen LogP contribution is -2.57. The average molecular weight is 352 g/mol. The number of hydrogen-bond donors (Lipinski definition) is 1. The lowest BCUT2D eigenvalue weighted by Gasteiger charge is -2.36. The van der Waals surface area contributed by atoms with E-state index in [0.717, 1.165) is 55.5 Å². The molecule has 1 N–H and O–H groups in total. The molecule has 0 spiro atoms. The van der Waals surface area contributed by atoms with Gasteiger partial charge in [0.1, 0.15) is 0 Å². The van der Waals surface area contributed by atoms with Crippen molar-refractivity contribution in [1.82, 2.24) is 10.2 Å². The maximum atomic E-state index is 12.4. The molecule has 1 atom stereocenters. The fourth-order valence-corrected chi connectivity index (χ4v) is 4.08. The number of benzene rings is 1. The van der Waals surface area contributed by atoms with Crippen LogP contribution in [0.2, 0.25) is 0 Å². The van der Waals surface area contributed by atoms with E-state index in [2.05, 4.69) is 20.4 Å². The minimum atomic E-state index is -0.158. The summed E-state index contributed by atoms with van der Waals surface area (Å²) in [5, 5.41) is 11.2. The van der Waals surface area contributed by atoms with Crippen molar-refractivity contribution in [3.8, 4) is 0 Å². The summed E-state index contributed by atoms with van der Waals surface area (Å²) in [6.45, 7) is 1.80. The van der Waals surface area contributed by atoms with Crippen LogP contribution in [0.3, 0.4) is 0 Å². The maximum Gasteiger partial charge on any atom is 0.291 e. The maximum absolute atomic E-state index is 12.4. The van der Waals surface area contributed by atoms with Gasteiger partial charge in [-0.3, -0.25) is 9.59 Å². The molecule has 6 heteroatoms.